The highest BCUT2D eigenvalue weighted by atomic mass is 35.5. The van der Waals surface area contributed by atoms with Gasteiger partial charge in [0.15, 0.2) is 0 Å². The van der Waals surface area contributed by atoms with Gasteiger partial charge in [0, 0.05) is 18.7 Å². The van der Waals surface area contributed by atoms with Gasteiger partial charge in [-0.15, -0.1) is 0 Å². The minimum atomic E-state index is -0.627. The number of hydrogen-bond acceptors (Lipinski definition) is 2. The van der Waals surface area contributed by atoms with Gasteiger partial charge in [-0.05, 0) is 18.2 Å². The van der Waals surface area contributed by atoms with Gasteiger partial charge in [0.25, 0.3) is 5.91 Å². The lowest BCUT2D eigenvalue weighted by Crippen LogP contribution is -2.27. The van der Waals surface area contributed by atoms with Gasteiger partial charge in [-0.2, -0.15) is 0 Å². The Morgan fingerprint density at radius 1 is 1.60 bits per heavy atom. The Hall–Kier alpha value is -1.13. The SMILES string of the molecule is COCCNC(=O)c1ccc(Cl)cc1F. The van der Waals surface area contributed by atoms with E-state index < -0.39 is 11.7 Å². The Bertz CT molecular complexity index is 357. The predicted octanol–water partition coefficient (Wildman–Crippen LogP) is 1.86. The number of rotatable bonds is 4. The predicted molar refractivity (Wildman–Crippen MR) is 55.6 cm³/mol. The molecule has 0 aliphatic rings. The molecule has 1 aromatic rings. The van der Waals surface area contributed by atoms with Crippen molar-refractivity contribution in [1.29, 1.82) is 0 Å². The van der Waals surface area contributed by atoms with Crippen molar-refractivity contribution in [3.05, 3.63) is 34.6 Å². The van der Waals surface area contributed by atoms with Crippen LogP contribution in [-0.2, 0) is 4.74 Å². The first-order valence-corrected chi connectivity index (χ1v) is 4.75. The summed E-state index contributed by atoms with van der Waals surface area (Å²) in [5.41, 5.74) is -0.0181. The van der Waals surface area contributed by atoms with Crippen LogP contribution < -0.4 is 5.32 Å². The molecule has 1 N–H and O–H groups in total. The topological polar surface area (TPSA) is 38.3 Å². The minimum Gasteiger partial charge on any atom is -0.383 e. The van der Waals surface area contributed by atoms with Gasteiger partial charge >= 0.3 is 0 Å². The average Bonchev–Trinajstić information content (AvgIpc) is 2.17. The number of amides is 1. The summed E-state index contributed by atoms with van der Waals surface area (Å²) in [5, 5.41) is 2.78. The van der Waals surface area contributed by atoms with E-state index in [2.05, 4.69) is 5.32 Å². The summed E-state index contributed by atoms with van der Waals surface area (Å²) < 4.78 is 18.0. The fourth-order valence-corrected chi connectivity index (χ4v) is 1.19. The molecule has 3 nitrogen and oxygen atoms in total. The van der Waals surface area contributed by atoms with E-state index in [4.69, 9.17) is 16.3 Å². The zero-order valence-corrected chi connectivity index (χ0v) is 8.97. The molecule has 82 valence electrons. The third kappa shape index (κ3) is 3.49. The van der Waals surface area contributed by atoms with E-state index in [9.17, 15) is 9.18 Å². The molecule has 0 atom stereocenters. The zero-order valence-electron chi connectivity index (χ0n) is 8.22. The number of carbonyl (C=O) groups excluding carboxylic acids is 1. The molecule has 15 heavy (non-hydrogen) atoms. The van der Waals surface area contributed by atoms with E-state index in [1.54, 1.807) is 0 Å². The molecule has 0 spiro atoms. The maximum Gasteiger partial charge on any atom is 0.254 e. The van der Waals surface area contributed by atoms with Gasteiger partial charge in [0.2, 0.25) is 0 Å². The molecule has 1 amide bonds. The lowest BCUT2D eigenvalue weighted by molar-refractivity contribution is 0.0933. The van der Waals surface area contributed by atoms with E-state index in [-0.39, 0.29) is 10.6 Å². The molecule has 0 bridgehead atoms. The van der Waals surface area contributed by atoms with Crippen LogP contribution in [0.5, 0.6) is 0 Å². The Morgan fingerprint density at radius 2 is 2.33 bits per heavy atom. The molecule has 0 unspecified atom stereocenters. The summed E-state index contributed by atoms with van der Waals surface area (Å²) in [4.78, 5) is 11.4. The van der Waals surface area contributed by atoms with E-state index >= 15 is 0 Å². The summed E-state index contributed by atoms with van der Waals surface area (Å²) in [6.45, 7) is 0.734. The maximum absolute atomic E-state index is 13.2. The zero-order chi connectivity index (χ0) is 11.3. The van der Waals surface area contributed by atoms with Gasteiger partial charge < -0.3 is 10.1 Å². The normalized spacial score (nSPS) is 10.1. The van der Waals surface area contributed by atoms with E-state index in [1.165, 1.54) is 19.2 Å². The number of hydrogen-bond donors (Lipinski definition) is 1. The fraction of sp³-hybridized carbons (Fsp3) is 0.300. The molecule has 1 rings (SSSR count). The van der Waals surface area contributed by atoms with E-state index in [0.29, 0.717) is 13.2 Å². The molecule has 0 aromatic heterocycles. The molecule has 0 fully saturated rings. The molecule has 0 aliphatic carbocycles. The second-order valence-electron chi connectivity index (χ2n) is 2.87. The van der Waals surface area contributed by atoms with E-state index in [0.717, 1.165) is 6.07 Å². The van der Waals surface area contributed by atoms with Crippen molar-refractivity contribution >= 4 is 17.5 Å². The smallest absolute Gasteiger partial charge is 0.254 e. The molecule has 5 heteroatoms. The third-order valence-corrected chi connectivity index (χ3v) is 2.00. The highest BCUT2D eigenvalue weighted by Crippen LogP contribution is 2.14. The minimum absolute atomic E-state index is 0.0181. The molecule has 0 saturated heterocycles. The second-order valence-corrected chi connectivity index (χ2v) is 3.31. The number of halogens is 2. The lowest BCUT2D eigenvalue weighted by atomic mass is 10.2. The summed E-state index contributed by atoms with van der Waals surface area (Å²) in [6, 6.07) is 3.92. The molecular formula is C10H11ClFNO2. The molecular weight excluding hydrogens is 221 g/mol. The molecule has 0 heterocycles. The largest absolute Gasteiger partial charge is 0.383 e. The van der Waals surface area contributed by atoms with Crippen LogP contribution in [0.15, 0.2) is 18.2 Å². The van der Waals surface area contributed by atoms with E-state index in [1.807, 2.05) is 0 Å². The highest BCUT2D eigenvalue weighted by molar-refractivity contribution is 6.30. The van der Waals surface area contributed by atoms with Crippen molar-refractivity contribution in [1.82, 2.24) is 5.32 Å². The second kappa shape index (κ2) is 5.68. The van der Waals surface area contributed by atoms with Gasteiger partial charge in [-0.3, -0.25) is 4.79 Å². The number of benzene rings is 1. The maximum atomic E-state index is 13.2. The lowest BCUT2D eigenvalue weighted by Gasteiger charge is -2.05. The van der Waals surface area contributed by atoms with Crippen LogP contribution in [-0.4, -0.2) is 26.2 Å². The van der Waals surface area contributed by atoms with Crippen LogP contribution in [0.25, 0.3) is 0 Å². The number of ether oxygens (including phenoxy) is 1. The van der Waals surface area contributed by atoms with Gasteiger partial charge in [0.05, 0.1) is 12.2 Å². The van der Waals surface area contributed by atoms with Crippen LogP contribution in [0.2, 0.25) is 5.02 Å². The summed E-state index contributed by atoms with van der Waals surface area (Å²) in [5.74, 6) is -1.10. The van der Waals surface area contributed by atoms with Crippen molar-refractivity contribution < 1.29 is 13.9 Å². The summed E-state index contributed by atoms with van der Waals surface area (Å²) in [6.07, 6.45) is 0. The highest BCUT2D eigenvalue weighted by Gasteiger charge is 2.10. The third-order valence-electron chi connectivity index (χ3n) is 1.77. The molecule has 0 radical (unpaired) electrons. The number of nitrogens with one attached hydrogen (secondary N) is 1. The molecule has 1 aromatic carbocycles. The van der Waals surface area contributed by atoms with Crippen molar-refractivity contribution in [3.63, 3.8) is 0 Å². The first-order chi connectivity index (χ1) is 7.15. The number of methoxy groups -OCH3 is 1. The Kier molecular flexibility index (Phi) is 4.52. The molecule has 0 saturated carbocycles. The Morgan fingerprint density at radius 3 is 2.93 bits per heavy atom. The van der Waals surface area contributed by atoms with Crippen molar-refractivity contribution in [2.24, 2.45) is 0 Å². The van der Waals surface area contributed by atoms with Crippen molar-refractivity contribution in [3.8, 4) is 0 Å². The van der Waals surface area contributed by atoms with Crippen LogP contribution in [0.4, 0.5) is 4.39 Å². The Balaban J connectivity index is 2.65. The first kappa shape index (κ1) is 11.9. The average molecular weight is 232 g/mol. The van der Waals surface area contributed by atoms with Crippen LogP contribution >= 0.6 is 11.6 Å². The quantitative estimate of drug-likeness (QED) is 0.804. The first-order valence-electron chi connectivity index (χ1n) is 4.37. The summed E-state index contributed by atoms with van der Waals surface area (Å²) in [7, 11) is 1.52. The monoisotopic (exact) mass is 231 g/mol. The van der Waals surface area contributed by atoms with Gasteiger partial charge in [0.1, 0.15) is 5.82 Å². The van der Waals surface area contributed by atoms with Gasteiger partial charge in [-0.1, -0.05) is 11.6 Å². The van der Waals surface area contributed by atoms with Crippen LogP contribution in [0.1, 0.15) is 10.4 Å². The Labute approximate surface area is 92.2 Å². The van der Waals surface area contributed by atoms with Crippen molar-refractivity contribution in [2.45, 2.75) is 0 Å². The molecule has 0 aliphatic heterocycles. The van der Waals surface area contributed by atoms with Gasteiger partial charge in [-0.25, -0.2) is 4.39 Å². The van der Waals surface area contributed by atoms with Crippen LogP contribution in [0.3, 0.4) is 0 Å². The van der Waals surface area contributed by atoms with Crippen molar-refractivity contribution in [2.75, 3.05) is 20.3 Å². The summed E-state index contributed by atoms with van der Waals surface area (Å²) >= 11 is 5.56. The number of carbonyl (C=O) groups is 1. The van der Waals surface area contributed by atoms with Crippen LogP contribution in [0, 0.1) is 5.82 Å². The standard InChI is InChI=1S/C10H11ClFNO2/c1-15-5-4-13-10(14)8-3-2-7(11)6-9(8)12/h2-3,6H,4-5H2,1H3,(H,13,14). The fourth-order valence-electron chi connectivity index (χ4n) is 1.04.